The summed E-state index contributed by atoms with van der Waals surface area (Å²) in [6.07, 6.45) is 6.47. The molecule has 0 atom stereocenters. The summed E-state index contributed by atoms with van der Waals surface area (Å²) in [6, 6.07) is 2.08. The third-order valence-corrected chi connectivity index (χ3v) is 3.34. The number of rotatable bonds is 6. The van der Waals surface area contributed by atoms with Gasteiger partial charge in [0.05, 0.1) is 12.3 Å². The van der Waals surface area contributed by atoms with Gasteiger partial charge >= 0.3 is 5.97 Å². The third-order valence-electron chi connectivity index (χ3n) is 3.34. The van der Waals surface area contributed by atoms with Gasteiger partial charge in [-0.15, -0.1) is 0 Å². The molecule has 0 aromatic carbocycles. The van der Waals surface area contributed by atoms with Crippen LogP contribution >= 0.6 is 0 Å². The maximum absolute atomic E-state index is 11.9. The van der Waals surface area contributed by atoms with Crippen LogP contribution in [-0.4, -0.2) is 23.9 Å². The van der Waals surface area contributed by atoms with E-state index in [0.717, 1.165) is 12.8 Å². The molecule has 2 fully saturated rings. The van der Waals surface area contributed by atoms with E-state index < -0.39 is 0 Å². The third kappa shape index (κ3) is 2.67. The molecule has 98 valence electrons. The Kier molecular flexibility index (Phi) is 2.99. The van der Waals surface area contributed by atoms with Gasteiger partial charge < -0.3 is 19.8 Å². The molecule has 0 bridgehead atoms. The van der Waals surface area contributed by atoms with Gasteiger partial charge in [0.15, 0.2) is 6.79 Å². The van der Waals surface area contributed by atoms with E-state index in [4.69, 9.17) is 15.2 Å². The van der Waals surface area contributed by atoms with Gasteiger partial charge in [-0.1, -0.05) is 0 Å². The van der Waals surface area contributed by atoms with Crippen molar-refractivity contribution >= 4 is 11.7 Å². The van der Waals surface area contributed by atoms with Crippen molar-refractivity contribution in [2.24, 2.45) is 5.92 Å². The smallest absolute Gasteiger partial charge is 0.357 e. The van der Waals surface area contributed by atoms with Crippen molar-refractivity contribution in [3.8, 4) is 0 Å². The summed E-state index contributed by atoms with van der Waals surface area (Å²) in [5, 5.41) is 0. The van der Waals surface area contributed by atoms with Crippen LogP contribution in [0.4, 0.5) is 5.69 Å². The number of hydrogen-bond acceptors (Lipinski definition) is 4. The normalized spacial score (nSPS) is 18.9. The van der Waals surface area contributed by atoms with E-state index in [1.54, 1.807) is 12.3 Å². The molecule has 1 heterocycles. The number of nitrogen functional groups attached to an aromatic ring is 1. The molecule has 2 N–H and O–H groups in total. The molecule has 0 saturated heterocycles. The van der Waals surface area contributed by atoms with Crippen molar-refractivity contribution in [1.29, 1.82) is 0 Å². The zero-order valence-electron chi connectivity index (χ0n) is 10.3. The Morgan fingerprint density at radius 1 is 1.39 bits per heavy atom. The number of hydrogen-bond donors (Lipinski definition) is 1. The maximum Gasteiger partial charge on any atom is 0.357 e. The molecule has 0 unspecified atom stereocenters. The van der Waals surface area contributed by atoms with Crippen molar-refractivity contribution in [2.45, 2.75) is 31.7 Å². The minimum absolute atomic E-state index is 0.0328. The standard InChI is InChI=1S/C13H18N2O3/c14-10-5-12(15(6-10)11-3-4-11)13(16)18-8-17-7-9-1-2-9/h5-6,9,11H,1-4,7-8,14H2. The highest BCUT2D eigenvalue weighted by molar-refractivity contribution is 5.89. The molecular formula is C13H18N2O3. The fraction of sp³-hybridized carbons (Fsp3) is 0.615. The zero-order valence-corrected chi connectivity index (χ0v) is 10.3. The molecule has 1 aromatic heterocycles. The predicted molar refractivity (Wildman–Crippen MR) is 66.1 cm³/mol. The quantitative estimate of drug-likeness (QED) is 0.476. The van der Waals surface area contributed by atoms with Gasteiger partial charge in [-0.2, -0.15) is 0 Å². The first-order valence-electron chi connectivity index (χ1n) is 6.46. The summed E-state index contributed by atoms with van der Waals surface area (Å²) in [7, 11) is 0. The average molecular weight is 250 g/mol. The van der Waals surface area contributed by atoms with E-state index in [0.29, 0.717) is 29.9 Å². The molecule has 0 aliphatic heterocycles. The topological polar surface area (TPSA) is 66.5 Å². The number of ether oxygens (including phenoxy) is 2. The van der Waals surface area contributed by atoms with Crippen molar-refractivity contribution in [1.82, 2.24) is 4.57 Å². The summed E-state index contributed by atoms with van der Waals surface area (Å²) < 4.78 is 12.3. The predicted octanol–water partition coefficient (Wildman–Crippen LogP) is 1.95. The summed E-state index contributed by atoms with van der Waals surface area (Å²) in [4.78, 5) is 11.9. The summed E-state index contributed by atoms with van der Waals surface area (Å²) in [6.45, 7) is 0.726. The van der Waals surface area contributed by atoms with Crippen LogP contribution in [0.2, 0.25) is 0 Å². The van der Waals surface area contributed by atoms with Crippen molar-refractivity contribution < 1.29 is 14.3 Å². The van der Waals surface area contributed by atoms with E-state index in [-0.39, 0.29) is 12.8 Å². The first kappa shape index (κ1) is 11.6. The average Bonchev–Trinajstić information content (AvgIpc) is 3.23. The Morgan fingerprint density at radius 3 is 2.83 bits per heavy atom. The van der Waals surface area contributed by atoms with E-state index in [9.17, 15) is 4.79 Å². The van der Waals surface area contributed by atoms with Crippen molar-refractivity contribution in [2.75, 3.05) is 19.1 Å². The summed E-state index contributed by atoms with van der Waals surface area (Å²) in [5.74, 6) is 0.323. The number of nitrogens with zero attached hydrogens (tertiary/aromatic N) is 1. The number of carbonyl (C=O) groups is 1. The van der Waals surface area contributed by atoms with E-state index in [1.165, 1.54) is 12.8 Å². The van der Waals surface area contributed by atoms with Gasteiger partial charge in [0, 0.05) is 12.2 Å². The van der Waals surface area contributed by atoms with Crippen LogP contribution in [0.5, 0.6) is 0 Å². The monoisotopic (exact) mass is 250 g/mol. The molecule has 5 nitrogen and oxygen atoms in total. The van der Waals surface area contributed by atoms with Crippen LogP contribution in [0, 0.1) is 5.92 Å². The Hall–Kier alpha value is -1.49. The molecule has 0 radical (unpaired) electrons. The minimum atomic E-state index is -0.352. The van der Waals surface area contributed by atoms with E-state index in [1.807, 2.05) is 4.57 Å². The fourth-order valence-corrected chi connectivity index (χ4v) is 1.99. The minimum Gasteiger partial charge on any atom is -0.434 e. The highest BCUT2D eigenvalue weighted by atomic mass is 16.7. The zero-order chi connectivity index (χ0) is 12.5. The number of carbonyl (C=O) groups excluding carboxylic acids is 1. The van der Waals surface area contributed by atoms with Crippen molar-refractivity contribution in [3.05, 3.63) is 18.0 Å². The first-order chi connectivity index (χ1) is 8.74. The van der Waals surface area contributed by atoms with Crippen molar-refractivity contribution in [3.63, 3.8) is 0 Å². The lowest BCUT2D eigenvalue weighted by Crippen LogP contribution is -2.13. The molecule has 1 aromatic rings. The number of aromatic nitrogens is 1. The van der Waals surface area contributed by atoms with Gasteiger partial charge in [0.2, 0.25) is 0 Å². The lowest BCUT2D eigenvalue weighted by molar-refractivity contribution is -0.0351. The molecular weight excluding hydrogens is 232 g/mol. The van der Waals surface area contributed by atoms with Gasteiger partial charge in [-0.3, -0.25) is 0 Å². The summed E-state index contributed by atoms with van der Waals surface area (Å²) >= 11 is 0. The number of esters is 1. The second-order valence-electron chi connectivity index (χ2n) is 5.16. The molecule has 2 saturated carbocycles. The molecule has 3 rings (SSSR count). The molecule has 2 aliphatic rings. The molecule has 18 heavy (non-hydrogen) atoms. The second kappa shape index (κ2) is 4.65. The molecule has 0 amide bonds. The van der Waals surface area contributed by atoms with Crippen LogP contribution in [-0.2, 0) is 9.47 Å². The van der Waals surface area contributed by atoms with E-state index in [2.05, 4.69) is 0 Å². The SMILES string of the molecule is Nc1cc(C(=O)OCOCC2CC2)n(C2CC2)c1. The van der Waals surface area contributed by atoms with Gasteiger partial charge in [0.1, 0.15) is 5.69 Å². The number of anilines is 1. The van der Waals surface area contributed by atoms with E-state index >= 15 is 0 Å². The van der Waals surface area contributed by atoms with Crippen LogP contribution in [0.3, 0.4) is 0 Å². The molecule has 5 heteroatoms. The Morgan fingerprint density at radius 2 is 2.17 bits per heavy atom. The Balaban J connectivity index is 1.53. The van der Waals surface area contributed by atoms with Crippen LogP contribution in [0.15, 0.2) is 12.3 Å². The lowest BCUT2D eigenvalue weighted by Gasteiger charge is -2.08. The van der Waals surface area contributed by atoms with Crippen LogP contribution in [0.25, 0.3) is 0 Å². The van der Waals surface area contributed by atoms with Crippen LogP contribution < -0.4 is 5.73 Å². The summed E-state index contributed by atoms with van der Waals surface area (Å²) in [5.41, 5.74) is 6.86. The van der Waals surface area contributed by atoms with Gasteiger partial charge in [0.25, 0.3) is 0 Å². The Labute approximate surface area is 106 Å². The fourth-order valence-electron chi connectivity index (χ4n) is 1.99. The largest absolute Gasteiger partial charge is 0.434 e. The lowest BCUT2D eigenvalue weighted by atomic mass is 10.4. The van der Waals surface area contributed by atoms with Gasteiger partial charge in [-0.25, -0.2) is 4.79 Å². The number of nitrogens with two attached hydrogens (primary N) is 1. The molecule has 2 aliphatic carbocycles. The van der Waals surface area contributed by atoms with Gasteiger partial charge in [-0.05, 0) is 37.7 Å². The Bertz CT molecular complexity index is 447. The van der Waals surface area contributed by atoms with Crippen LogP contribution in [0.1, 0.15) is 42.2 Å². The first-order valence-corrected chi connectivity index (χ1v) is 6.46. The molecule has 0 spiro atoms. The highest BCUT2D eigenvalue weighted by Gasteiger charge is 2.28. The maximum atomic E-state index is 11.9. The highest BCUT2D eigenvalue weighted by Crippen LogP contribution is 2.37. The second-order valence-corrected chi connectivity index (χ2v) is 5.16.